The van der Waals surface area contributed by atoms with Crippen molar-refractivity contribution in [2.75, 3.05) is 13.2 Å². The van der Waals surface area contributed by atoms with E-state index in [1.807, 2.05) is 0 Å². The molecule has 1 unspecified atom stereocenters. The average molecular weight is 258 g/mol. The van der Waals surface area contributed by atoms with Crippen LogP contribution in [0.2, 0.25) is 5.02 Å². The molecule has 94 valence electrons. The van der Waals surface area contributed by atoms with Crippen LogP contribution < -0.4 is 5.73 Å². The maximum absolute atomic E-state index is 13.7. The molecule has 0 saturated carbocycles. The van der Waals surface area contributed by atoms with Crippen molar-refractivity contribution >= 4 is 11.6 Å². The topological polar surface area (TPSA) is 35.2 Å². The van der Waals surface area contributed by atoms with Crippen molar-refractivity contribution in [1.82, 2.24) is 0 Å². The second-order valence-electron chi connectivity index (χ2n) is 4.74. The van der Waals surface area contributed by atoms with Crippen LogP contribution in [0.5, 0.6) is 0 Å². The summed E-state index contributed by atoms with van der Waals surface area (Å²) in [6, 6.07) is 4.62. The predicted molar refractivity (Wildman–Crippen MR) is 66.7 cm³/mol. The summed E-state index contributed by atoms with van der Waals surface area (Å²) in [5.41, 5.74) is 6.55. The predicted octanol–water partition coefficient (Wildman–Crippen LogP) is 2.92. The number of halogens is 2. The number of ether oxygens (including phenoxy) is 1. The van der Waals surface area contributed by atoms with Gasteiger partial charge in [-0.1, -0.05) is 11.6 Å². The summed E-state index contributed by atoms with van der Waals surface area (Å²) in [6.45, 7) is 1.40. The minimum atomic E-state index is -0.373. The Bertz CT molecular complexity index is 389. The highest BCUT2D eigenvalue weighted by Crippen LogP contribution is 2.26. The molecule has 2 rings (SSSR count). The monoisotopic (exact) mass is 257 g/mol. The molecule has 17 heavy (non-hydrogen) atoms. The summed E-state index contributed by atoms with van der Waals surface area (Å²) in [6.07, 6.45) is 3.07. The van der Waals surface area contributed by atoms with Gasteiger partial charge in [0, 0.05) is 23.8 Å². The van der Waals surface area contributed by atoms with Gasteiger partial charge in [0.2, 0.25) is 0 Å². The molecule has 2 nitrogen and oxygen atoms in total. The Labute approximate surface area is 106 Å². The first-order valence-electron chi connectivity index (χ1n) is 5.90. The fourth-order valence-electron chi connectivity index (χ4n) is 2.26. The van der Waals surface area contributed by atoms with Crippen molar-refractivity contribution in [3.05, 3.63) is 34.6 Å². The third-order valence-electron chi connectivity index (χ3n) is 3.26. The average Bonchev–Trinajstić information content (AvgIpc) is 2.49. The minimum absolute atomic E-state index is 0.232. The Balaban J connectivity index is 2.15. The highest BCUT2D eigenvalue weighted by Gasteiger charge is 2.27. The van der Waals surface area contributed by atoms with Crippen LogP contribution in [0.15, 0.2) is 18.2 Å². The molecule has 0 aromatic heterocycles. The van der Waals surface area contributed by atoms with Crippen molar-refractivity contribution in [2.45, 2.75) is 31.2 Å². The van der Waals surface area contributed by atoms with E-state index in [0.29, 0.717) is 23.6 Å². The summed E-state index contributed by atoms with van der Waals surface area (Å²) in [4.78, 5) is 0. The van der Waals surface area contributed by atoms with Crippen LogP contribution in [0.1, 0.15) is 24.8 Å². The van der Waals surface area contributed by atoms with Gasteiger partial charge in [-0.05, 0) is 49.4 Å². The number of hydrogen-bond acceptors (Lipinski definition) is 2. The van der Waals surface area contributed by atoms with Crippen LogP contribution >= 0.6 is 11.6 Å². The molecule has 1 aliphatic heterocycles. The lowest BCUT2D eigenvalue weighted by Gasteiger charge is -2.27. The number of hydrogen-bond donors (Lipinski definition) is 1. The van der Waals surface area contributed by atoms with Crippen molar-refractivity contribution in [3.8, 4) is 0 Å². The van der Waals surface area contributed by atoms with E-state index in [1.165, 1.54) is 6.07 Å². The van der Waals surface area contributed by atoms with Gasteiger partial charge in [-0.2, -0.15) is 0 Å². The lowest BCUT2D eigenvalue weighted by Crippen LogP contribution is -2.42. The van der Waals surface area contributed by atoms with Gasteiger partial charge in [0.25, 0.3) is 0 Å². The molecular formula is C13H17ClFNO. The maximum Gasteiger partial charge on any atom is 0.126 e. The summed E-state index contributed by atoms with van der Waals surface area (Å²) >= 11 is 5.88. The summed E-state index contributed by atoms with van der Waals surface area (Å²) < 4.78 is 19.0. The van der Waals surface area contributed by atoms with Gasteiger partial charge in [0.05, 0.1) is 0 Å². The Kier molecular flexibility index (Phi) is 4.02. The maximum atomic E-state index is 13.7. The fraction of sp³-hybridized carbons (Fsp3) is 0.538. The van der Waals surface area contributed by atoms with Gasteiger partial charge in [-0.25, -0.2) is 4.39 Å². The second kappa shape index (κ2) is 5.34. The first kappa shape index (κ1) is 12.8. The summed E-state index contributed by atoms with van der Waals surface area (Å²) in [5, 5.41) is 0.551. The molecule has 0 radical (unpaired) electrons. The number of nitrogens with two attached hydrogens (primary N) is 1. The molecule has 4 heteroatoms. The molecule has 1 fully saturated rings. The highest BCUT2D eigenvalue weighted by molar-refractivity contribution is 6.30. The van der Waals surface area contributed by atoms with Crippen molar-refractivity contribution in [1.29, 1.82) is 0 Å². The number of benzene rings is 1. The SMILES string of the molecule is NC1(Cc2cc(Cl)ccc2F)CCCOCC1. The van der Waals surface area contributed by atoms with Gasteiger partial charge in [-0.15, -0.1) is 0 Å². The molecule has 1 aromatic carbocycles. The van der Waals surface area contributed by atoms with Gasteiger partial charge >= 0.3 is 0 Å². The van der Waals surface area contributed by atoms with Gasteiger partial charge in [0.1, 0.15) is 5.82 Å². The molecule has 2 N–H and O–H groups in total. The first-order valence-corrected chi connectivity index (χ1v) is 6.27. The Morgan fingerprint density at radius 1 is 1.35 bits per heavy atom. The summed E-state index contributed by atoms with van der Waals surface area (Å²) in [7, 11) is 0. The first-order chi connectivity index (χ1) is 8.09. The van der Waals surface area contributed by atoms with Crippen molar-refractivity contribution < 1.29 is 9.13 Å². The zero-order valence-electron chi connectivity index (χ0n) is 9.72. The van der Waals surface area contributed by atoms with Crippen LogP contribution in [-0.2, 0) is 11.2 Å². The van der Waals surface area contributed by atoms with E-state index in [-0.39, 0.29) is 11.4 Å². The molecule has 0 bridgehead atoms. The molecule has 0 aliphatic carbocycles. The van der Waals surface area contributed by atoms with E-state index >= 15 is 0 Å². The fourth-order valence-corrected chi connectivity index (χ4v) is 2.46. The van der Waals surface area contributed by atoms with Gasteiger partial charge in [0.15, 0.2) is 0 Å². The van der Waals surface area contributed by atoms with Crippen LogP contribution in [0, 0.1) is 5.82 Å². The van der Waals surface area contributed by atoms with Crippen molar-refractivity contribution in [2.24, 2.45) is 5.73 Å². The Morgan fingerprint density at radius 3 is 3.00 bits per heavy atom. The lowest BCUT2D eigenvalue weighted by molar-refractivity contribution is 0.139. The van der Waals surface area contributed by atoms with E-state index in [1.54, 1.807) is 12.1 Å². The quantitative estimate of drug-likeness (QED) is 0.884. The minimum Gasteiger partial charge on any atom is -0.381 e. The third-order valence-corrected chi connectivity index (χ3v) is 3.49. The molecule has 1 heterocycles. The molecule has 0 amide bonds. The zero-order valence-corrected chi connectivity index (χ0v) is 10.5. The van der Waals surface area contributed by atoms with Crippen LogP contribution in [0.25, 0.3) is 0 Å². The van der Waals surface area contributed by atoms with E-state index in [0.717, 1.165) is 25.9 Å². The summed E-state index contributed by atoms with van der Waals surface area (Å²) in [5.74, 6) is -0.232. The molecule has 1 aromatic rings. The highest BCUT2D eigenvalue weighted by atomic mass is 35.5. The van der Waals surface area contributed by atoms with E-state index in [2.05, 4.69) is 0 Å². The largest absolute Gasteiger partial charge is 0.381 e. The Hall–Kier alpha value is -0.640. The Morgan fingerprint density at radius 2 is 2.18 bits per heavy atom. The standard InChI is InChI=1S/C13H17ClFNO/c14-11-2-3-12(15)10(8-11)9-13(16)4-1-6-17-7-5-13/h2-3,8H,1,4-7,9,16H2. The van der Waals surface area contributed by atoms with Gasteiger partial charge in [-0.3, -0.25) is 0 Å². The lowest BCUT2D eigenvalue weighted by atomic mass is 9.85. The van der Waals surface area contributed by atoms with Crippen LogP contribution in [-0.4, -0.2) is 18.8 Å². The van der Waals surface area contributed by atoms with Crippen molar-refractivity contribution in [3.63, 3.8) is 0 Å². The molecule has 1 atom stereocenters. The zero-order chi connectivity index (χ0) is 12.3. The smallest absolute Gasteiger partial charge is 0.126 e. The van der Waals surface area contributed by atoms with Gasteiger partial charge < -0.3 is 10.5 Å². The second-order valence-corrected chi connectivity index (χ2v) is 5.18. The molecular weight excluding hydrogens is 241 g/mol. The normalized spacial score (nSPS) is 25.6. The third kappa shape index (κ3) is 3.41. The molecule has 1 aliphatic rings. The molecule has 0 spiro atoms. The van der Waals surface area contributed by atoms with E-state index in [9.17, 15) is 4.39 Å². The van der Waals surface area contributed by atoms with E-state index < -0.39 is 0 Å². The van der Waals surface area contributed by atoms with E-state index in [4.69, 9.17) is 22.1 Å². The molecule has 1 saturated heterocycles. The van der Waals surface area contributed by atoms with Crippen LogP contribution in [0.4, 0.5) is 4.39 Å². The number of rotatable bonds is 2. The van der Waals surface area contributed by atoms with Crippen LogP contribution in [0.3, 0.4) is 0 Å².